The van der Waals surface area contributed by atoms with E-state index in [9.17, 15) is 24.8 Å². The van der Waals surface area contributed by atoms with Crippen LogP contribution < -0.4 is 0 Å². The molecule has 29 heavy (non-hydrogen) atoms. The van der Waals surface area contributed by atoms with Crippen LogP contribution in [0.2, 0.25) is 5.02 Å². The number of ketones is 1. The van der Waals surface area contributed by atoms with Gasteiger partial charge in [0.05, 0.1) is 16.5 Å². The van der Waals surface area contributed by atoms with Crippen LogP contribution in [-0.2, 0) is 9.59 Å². The number of carbonyl (C=O) groups is 2. The summed E-state index contributed by atoms with van der Waals surface area (Å²) in [5, 5.41) is 31.6. The first-order valence-electron chi connectivity index (χ1n) is 8.74. The van der Waals surface area contributed by atoms with E-state index in [-0.39, 0.29) is 36.4 Å². The number of hydrogen-bond donors (Lipinski definition) is 2. The number of Topliss-reactive ketones (excluding diaryl/α,β-unsaturated/α-hetero) is 1. The molecule has 1 amide bonds. The van der Waals surface area contributed by atoms with Crippen molar-refractivity contribution in [3.05, 3.63) is 80.4 Å². The number of aliphatic hydroxyl groups excluding tert-OH is 2. The summed E-state index contributed by atoms with van der Waals surface area (Å²) in [4.78, 5) is 37.1. The summed E-state index contributed by atoms with van der Waals surface area (Å²) in [6.45, 7) is -0.159. The second kappa shape index (κ2) is 8.42. The highest BCUT2D eigenvalue weighted by Crippen LogP contribution is 2.40. The number of rotatable bonds is 6. The van der Waals surface area contributed by atoms with Gasteiger partial charge in [-0.2, -0.15) is 0 Å². The SMILES string of the molecule is O=C1C(=O)N(CCCO)[C@@H](c2cccc([N+](=O)[O-])c2)/C1=C(\O)c1ccc(Cl)cc1. The second-order valence-electron chi connectivity index (χ2n) is 6.43. The molecule has 1 saturated heterocycles. The van der Waals surface area contributed by atoms with E-state index < -0.39 is 28.4 Å². The van der Waals surface area contributed by atoms with Crippen LogP contribution in [0.4, 0.5) is 5.69 Å². The lowest BCUT2D eigenvalue weighted by molar-refractivity contribution is -0.384. The van der Waals surface area contributed by atoms with Crippen LogP contribution in [0.5, 0.6) is 0 Å². The van der Waals surface area contributed by atoms with Crippen molar-refractivity contribution in [3.8, 4) is 0 Å². The van der Waals surface area contributed by atoms with Crippen LogP contribution in [0.3, 0.4) is 0 Å². The summed E-state index contributed by atoms with van der Waals surface area (Å²) >= 11 is 5.87. The van der Waals surface area contributed by atoms with Crippen molar-refractivity contribution < 1.29 is 24.7 Å². The Morgan fingerprint density at radius 3 is 2.48 bits per heavy atom. The molecule has 3 rings (SSSR count). The number of amides is 1. The van der Waals surface area contributed by atoms with Gasteiger partial charge in [-0.3, -0.25) is 19.7 Å². The van der Waals surface area contributed by atoms with Crippen molar-refractivity contribution >= 4 is 34.7 Å². The van der Waals surface area contributed by atoms with Crippen molar-refractivity contribution in [2.75, 3.05) is 13.2 Å². The zero-order chi connectivity index (χ0) is 21.1. The summed E-state index contributed by atoms with van der Waals surface area (Å²) in [7, 11) is 0. The minimum atomic E-state index is -1.02. The molecule has 1 atom stereocenters. The first-order chi connectivity index (χ1) is 13.8. The summed E-state index contributed by atoms with van der Waals surface area (Å²) in [5.41, 5.74) is 0.217. The number of halogens is 1. The molecule has 0 saturated carbocycles. The summed E-state index contributed by atoms with van der Waals surface area (Å²) in [6, 6.07) is 10.6. The molecule has 1 aliphatic heterocycles. The molecule has 9 heteroatoms. The van der Waals surface area contributed by atoms with Crippen LogP contribution in [-0.4, -0.2) is 44.9 Å². The van der Waals surface area contributed by atoms with E-state index in [0.717, 1.165) is 0 Å². The molecule has 2 N–H and O–H groups in total. The monoisotopic (exact) mass is 416 g/mol. The molecule has 2 aromatic rings. The van der Waals surface area contributed by atoms with Gasteiger partial charge in [0.1, 0.15) is 5.76 Å². The maximum Gasteiger partial charge on any atom is 0.295 e. The van der Waals surface area contributed by atoms with Crippen molar-refractivity contribution in [2.24, 2.45) is 0 Å². The number of non-ortho nitro benzene ring substituents is 1. The minimum Gasteiger partial charge on any atom is -0.507 e. The molecule has 1 fully saturated rings. The molecular formula is C20H17ClN2O6. The third kappa shape index (κ3) is 3.98. The van der Waals surface area contributed by atoms with E-state index in [1.165, 1.54) is 47.4 Å². The Bertz CT molecular complexity index is 1000. The number of aliphatic hydroxyl groups is 2. The Kier molecular flexibility index (Phi) is 5.95. The van der Waals surface area contributed by atoms with Gasteiger partial charge in [0.2, 0.25) is 0 Å². The second-order valence-corrected chi connectivity index (χ2v) is 6.87. The van der Waals surface area contributed by atoms with E-state index in [0.29, 0.717) is 10.6 Å². The van der Waals surface area contributed by atoms with Gasteiger partial charge in [0, 0.05) is 35.9 Å². The average molecular weight is 417 g/mol. The molecule has 0 unspecified atom stereocenters. The van der Waals surface area contributed by atoms with Crippen LogP contribution >= 0.6 is 11.6 Å². The fourth-order valence-electron chi connectivity index (χ4n) is 3.27. The topological polar surface area (TPSA) is 121 Å². The maximum absolute atomic E-state index is 12.7. The van der Waals surface area contributed by atoms with Crippen LogP contribution in [0.15, 0.2) is 54.1 Å². The molecule has 8 nitrogen and oxygen atoms in total. The normalized spacial score (nSPS) is 18.3. The minimum absolute atomic E-state index is 0.0475. The number of benzene rings is 2. The summed E-state index contributed by atoms with van der Waals surface area (Å²) < 4.78 is 0. The molecule has 1 aliphatic rings. The Labute approximate surface area is 170 Å². The van der Waals surface area contributed by atoms with E-state index in [1.54, 1.807) is 6.07 Å². The van der Waals surface area contributed by atoms with Crippen LogP contribution in [0.25, 0.3) is 5.76 Å². The first kappa shape index (κ1) is 20.5. The van der Waals surface area contributed by atoms with Gasteiger partial charge in [-0.05, 0) is 36.2 Å². The van der Waals surface area contributed by atoms with Crippen molar-refractivity contribution in [1.29, 1.82) is 0 Å². The Hall–Kier alpha value is -3.23. The van der Waals surface area contributed by atoms with Crippen LogP contribution in [0.1, 0.15) is 23.6 Å². The van der Waals surface area contributed by atoms with E-state index in [1.807, 2.05) is 0 Å². The van der Waals surface area contributed by atoms with Gasteiger partial charge in [-0.1, -0.05) is 23.7 Å². The van der Waals surface area contributed by atoms with Crippen molar-refractivity contribution in [2.45, 2.75) is 12.5 Å². The molecule has 2 aromatic carbocycles. The number of carbonyl (C=O) groups excluding carboxylic acids is 2. The molecule has 0 aromatic heterocycles. The van der Waals surface area contributed by atoms with E-state index in [2.05, 4.69) is 0 Å². The van der Waals surface area contributed by atoms with E-state index in [4.69, 9.17) is 16.7 Å². The highest BCUT2D eigenvalue weighted by Gasteiger charge is 2.46. The van der Waals surface area contributed by atoms with Gasteiger partial charge in [0.15, 0.2) is 0 Å². The lowest BCUT2D eigenvalue weighted by atomic mass is 9.95. The number of nitrogens with zero attached hydrogens (tertiary/aromatic N) is 2. The number of likely N-dealkylation sites (tertiary alicyclic amines) is 1. The Morgan fingerprint density at radius 1 is 1.17 bits per heavy atom. The largest absolute Gasteiger partial charge is 0.507 e. The van der Waals surface area contributed by atoms with Crippen molar-refractivity contribution in [1.82, 2.24) is 4.90 Å². The van der Waals surface area contributed by atoms with Gasteiger partial charge >= 0.3 is 0 Å². The summed E-state index contributed by atoms with van der Waals surface area (Å²) in [6.07, 6.45) is 0.208. The highest BCUT2D eigenvalue weighted by molar-refractivity contribution is 6.46. The molecule has 150 valence electrons. The van der Waals surface area contributed by atoms with Crippen LogP contribution in [0, 0.1) is 10.1 Å². The molecular weight excluding hydrogens is 400 g/mol. The third-order valence-electron chi connectivity index (χ3n) is 4.61. The van der Waals surface area contributed by atoms with Gasteiger partial charge in [0.25, 0.3) is 17.4 Å². The molecule has 0 bridgehead atoms. The highest BCUT2D eigenvalue weighted by atomic mass is 35.5. The zero-order valence-corrected chi connectivity index (χ0v) is 15.9. The standard InChI is InChI=1S/C20H17ClN2O6/c21-14-7-5-12(6-8-14)18(25)16-17(13-3-1-4-15(11-13)23(28)29)22(9-2-10-24)20(27)19(16)26/h1,3-8,11,17,24-25H,2,9-10H2/b18-16+/t17-/m0/s1. The fraction of sp³-hybridized carbons (Fsp3) is 0.200. The maximum atomic E-state index is 12.7. The number of nitro groups is 1. The zero-order valence-electron chi connectivity index (χ0n) is 15.1. The Balaban J connectivity index is 2.18. The number of nitro benzene ring substituents is 1. The van der Waals surface area contributed by atoms with Gasteiger partial charge in [-0.15, -0.1) is 0 Å². The fourth-order valence-corrected chi connectivity index (χ4v) is 3.40. The first-order valence-corrected chi connectivity index (χ1v) is 9.12. The molecule has 0 radical (unpaired) electrons. The average Bonchev–Trinajstić information content (AvgIpc) is 2.97. The predicted molar refractivity (Wildman–Crippen MR) is 105 cm³/mol. The molecule has 0 aliphatic carbocycles. The molecule has 0 spiro atoms. The van der Waals surface area contributed by atoms with E-state index >= 15 is 0 Å². The number of hydrogen-bond acceptors (Lipinski definition) is 6. The third-order valence-corrected chi connectivity index (χ3v) is 4.86. The van der Waals surface area contributed by atoms with Crippen molar-refractivity contribution in [3.63, 3.8) is 0 Å². The smallest absolute Gasteiger partial charge is 0.295 e. The summed E-state index contributed by atoms with van der Waals surface area (Å²) in [5.74, 6) is -2.14. The predicted octanol–water partition coefficient (Wildman–Crippen LogP) is 3.05. The van der Waals surface area contributed by atoms with Gasteiger partial charge < -0.3 is 15.1 Å². The Morgan fingerprint density at radius 2 is 1.86 bits per heavy atom. The quantitative estimate of drug-likeness (QED) is 0.245. The van der Waals surface area contributed by atoms with Gasteiger partial charge in [-0.25, -0.2) is 0 Å². The lowest BCUT2D eigenvalue weighted by Crippen LogP contribution is -2.31. The molecule has 1 heterocycles. The lowest BCUT2D eigenvalue weighted by Gasteiger charge is -2.25.